The maximum Gasteiger partial charge on any atom is 0.00387 e. The zero-order chi connectivity index (χ0) is 10.3. The highest BCUT2D eigenvalue weighted by atomic mass is 15.1. The highest BCUT2D eigenvalue weighted by Crippen LogP contribution is 2.20. The monoisotopic (exact) mass is 185 g/mol. The third-order valence-corrected chi connectivity index (χ3v) is 2.86. The highest BCUT2D eigenvalue weighted by Gasteiger charge is 2.19. The molecule has 1 heteroatoms. The summed E-state index contributed by atoms with van der Waals surface area (Å²) < 4.78 is 0. The van der Waals surface area contributed by atoms with Crippen LogP contribution in [-0.2, 0) is 0 Å². The van der Waals surface area contributed by atoms with E-state index < -0.39 is 0 Å². The minimum atomic E-state index is 0.754. The van der Waals surface area contributed by atoms with Gasteiger partial charge in [0.15, 0.2) is 0 Å². The molecule has 1 aliphatic heterocycles. The lowest BCUT2D eigenvalue weighted by atomic mass is 9.95. The van der Waals surface area contributed by atoms with Gasteiger partial charge in [0, 0.05) is 12.6 Å². The number of likely N-dealkylation sites (tertiary alicyclic amines) is 1. The molecule has 0 aromatic rings. The molecule has 0 amide bonds. The molecule has 80 valence electrons. The molecule has 0 aromatic carbocycles. The molecule has 0 radical (unpaired) electrons. The number of nitrogens with zero attached hydrogens (tertiary/aromatic N) is 1. The Balaban J connectivity index is 0.000000671. The molecule has 0 aromatic heterocycles. The van der Waals surface area contributed by atoms with Crippen molar-refractivity contribution in [3.63, 3.8) is 0 Å². The highest BCUT2D eigenvalue weighted by molar-refractivity contribution is 4.73. The summed E-state index contributed by atoms with van der Waals surface area (Å²) in [6, 6.07) is 0.754. The van der Waals surface area contributed by atoms with E-state index in [-0.39, 0.29) is 0 Å². The second-order valence-electron chi connectivity index (χ2n) is 4.01. The fourth-order valence-electron chi connectivity index (χ4n) is 1.90. The summed E-state index contributed by atoms with van der Waals surface area (Å²) in [5.41, 5.74) is 0. The molecule has 0 N–H and O–H groups in total. The summed E-state index contributed by atoms with van der Waals surface area (Å²) in [6.07, 6.45) is 4.24. The normalized spacial score (nSPS) is 24.0. The van der Waals surface area contributed by atoms with Crippen LogP contribution in [0.1, 0.15) is 53.9 Å². The fourth-order valence-corrected chi connectivity index (χ4v) is 1.90. The molecule has 1 rings (SSSR count). The molecule has 13 heavy (non-hydrogen) atoms. The van der Waals surface area contributed by atoms with Gasteiger partial charge in [-0.2, -0.15) is 0 Å². The Labute approximate surface area is 84.5 Å². The van der Waals surface area contributed by atoms with Crippen molar-refractivity contribution in [2.24, 2.45) is 5.92 Å². The maximum atomic E-state index is 2.61. The van der Waals surface area contributed by atoms with Crippen molar-refractivity contribution in [1.29, 1.82) is 0 Å². The predicted molar refractivity (Wildman–Crippen MR) is 61.1 cm³/mol. The molecule has 1 aliphatic rings. The topological polar surface area (TPSA) is 3.24 Å². The molecule has 0 spiro atoms. The minimum Gasteiger partial charge on any atom is -0.301 e. The number of hydrogen-bond donors (Lipinski definition) is 0. The molecule has 1 atom stereocenters. The molecule has 0 unspecified atom stereocenters. The molecule has 0 saturated carbocycles. The van der Waals surface area contributed by atoms with Gasteiger partial charge in [0.1, 0.15) is 0 Å². The van der Waals surface area contributed by atoms with E-state index in [0.29, 0.717) is 0 Å². The van der Waals surface area contributed by atoms with Gasteiger partial charge in [0.25, 0.3) is 0 Å². The van der Waals surface area contributed by atoms with E-state index in [4.69, 9.17) is 0 Å². The summed E-state index contributed by atoms with van der Waals surface area (Å²) >= 11 is 0. The van der Waals surface area contributed by atoms with E-state index in [2.05, 4.69) is 25.7 Å². The van der Waals surface area contributed by atoms with Gasteiger partial charge in [-0.05, 0) is 39.2 Å². The van der Waals surface area contributed by atoms with Crippen molar-refractivity contribution >= 4 is 0 Å². The largest absolute Gasteiger partial charge is 0.301 e. The zero-order valence-corrected chi connectivity index (χ0v) is 10.1. The van der Waals surface area contributed by atoms with Crippen LogP contribution in [0.15, 0.2) is 0 Å². The molecule has 1 saturated heterocycles. The standard InChI is InChI=1S/C10H21N.C2H6/c1-4-10-6-5-7-11(8-10)9(2)3;1-2/h9-10H,4-8H2,1-3H3;1-2H3/t10-;/m1./s1. The summed E-state index contributed by atoms with van der Waals surface area (Å²) in [4.78, 5) is 2.61. The summed E-state index contributed by atoms with van der Waals surface area (Å²) in [5.74, 6) is 0.978. The fraction of sp³-hybridized carbons (Fsp3) is 1.00. The van der Waals surface area contributed by atoms with Crippen LogP contribution in [0.3, 0.4) is 0 Å². The van der Waals surface area contributed by atoms with Crippen LogP contribution in [-0.4, -0.2) is 24.0 Å². The van der Waals surface area contributed by atoms with Crippen LogP contribution in [0, 0.1) is 5.92 Å². The van der Waals surface area contributed by atoms with Crippen molar-refractivity contribution in [2.45, 2.75) is 59.9 Å². The average Bonchev–Trinajstić information content (AvgIpc) is 2.21. The van der Waals surface area contributed by atoms with E-state index in [0.717, 1.165) is 12.0 Å². The molecular weight excluding hydrogens is 158 g/mol. The zero-order valence-electron chi connectivity index (χ0n) is 10.1. The average molecular weight is 185 g/mol. The molecule has 1 nitrogen and oxygen atoms in total. The van der Waals surface area contributed by atoms with Crippen LogP contribution in [0.25, 0.3) is 0 Å². The summed E-state index contributed by atoms with van der Waals surface area (Å²) in [7, 11) is 0. The van der Waals surface area contributed by atoms with Crippen molar-refractivity contribution < 1.29 is 0 Å². The third-order valence-electron chi connectivity index (χ3n) is 2.86. The van der Waals surface area contributed by atoms with Crippen LogP contribution in [0.5, 0.6) is 0 Å². The van der Waals surface area contributed by atoms with Crippen molar-refractivity contribution in [3.8, 4) is 0 Å². The van der Waals surface area contributed by atoms with Gasteiger partial charge < -0.3 is 4.90 Å². The van der Waals surface area contributed by atoms with E-state index in [1.807, 2.05) is 13.8 Å². The van der Waals surface area contributed by atoms with E-state index >= 15 is 0 Å². The van der Waals surface area contributed by atoms with E-state index in [9.17, 15) is 0 Å². The molecule has 0 bridgehead atoms. The lowest BCUT2D eigenvalue weighted by Crippen LogP contribution is -2.39. The van der Waals surface area contributed by atoms with Gasteiger partial charge in [0.05, 0.1) is 0 Å². The Hall–Kier alpha value is -0.0400. The number of piperidine rings is 1. The first kappa shape index (κ1) is 13.0. The number of rotatable bonds is 2. The van der Waals surface area contributed by atoms with Crippen LogP contribution in [0.2, 0.25) is 0 Å². The van der Waals surface area contributed by atoms with E-state index in [1.54, 1.807) is 0 Å². The Kier molecular flexibility index (Phi) is 7.35. The third kappa shape index (κ3) is 4.66. The molecule has 1 heterocycles. The van der Waals surface area contributed by atoms with Crippen molar-refractivity contribution in [2.75, 3.05) is 13.1 Å². The van der Waals surface area contributed by atoms with Crippen LogP contribution >= 0.6 is 0 Å². The quantitative estimate of drug-likeness (QED) is 0.636. The lowest BCUT2D eigenvalue weighted by molar-refractivity contribution is 0.138. The smallest absolute Gasteiger partial charge is 0.00387 e. The van der Waals surface area contributed by atoms with E-state index in [1.165, 1.54) is 32.4 Å². The second-order valence-corrected chi connectivity index (χ2v) is 4.01. The van der Waals surface area contributed by atoms with Crippen molar-refractivity contribution in [1.82, 2.24) is 4.90 Å². The van der Waals surface area contributed by atoms with Crippen LogP contribution in [0.4, 0.5) is 0 Å². The maximum absolute atomic E-state index is 2.61. The Morgan fingerprint density at radius 2 is 1.92 bits per heavy atom. The first-order chi connectivity index (χ1) is 6.24. The lowest BCUT2D eigenvalue weighted by Gasteiger charge is -2.34. The van der Waals surface area contributed by atoms with Crippen LogP contribution < -0.4 is 0 Å². The van der Waals surface area contributed by atoms with Gasteiger partial charge in [-0.15, -0.1) is 0 Å². The van der Waals surface area contributed by atoms with Gasteiger partial charge in [0.2, 0.25) is 0 Å². The Morgan fingerprint density at radius 1 is 1.31 bits per heavy atom. The minimum absolute atomic E-state index is 0.754. The molecule has 0 aliphatic carbocycles. The SMILES string of the molecule is CC.CC[C@@H]1CCCN(C(C)C)C1. The summed E-state index contributed by atoms with van der Waals surface area (Å²) in [6.45, 7) is 13.6. The molecular formula is C12H27N. The second kappa shape index (κ2) is 7.37. The first-order valence-corrected chi connectivity index (χ1v) is 5.98. The first-order valence-electron chi connectivity index (χ1n) is 5.98. The van der Waals surface area contributed by atoms with Crippen molar-refractivity contribution in [3.05, 3.63) is 0 Å². The van der Waals surface area contributed by atoms with Gasteiger partial charge in [-0.3, -0.25) is 0 Å². The predicted octanol–water partition coefficient (Wildman–Crippen LogP) is 3.54. The van der Waals surface area contributed by atoms with Gasteiger partial charge in [-0.1, -0.05) is 27.2 Å². The number of hydrogen-bond acceptors (Lipinski definition) is 1. The Bertz CT molecular complexity index is 110. The molecule has 1 fully saturated rings. The Morgan fingerprint density at radius 3 is 2.38 bits per heavy atom. The summed E-state index contributed by atoms with van der Waals surface area (Å²) in [5, 5.41) is 0. The van der Waals surface area contributed by atoms with Gasteiger partial charge in [-0.25, -0.2) is 0 Å². The van der Waals surface area contributed by atoms with Gasteiger partial charge >= 0.3 is 0 Å².